The fraction of sp³-hybridized carbons (Fsp3) is 0.423. The number of piperidine rings is 1. The van der Waals surface area contributed by atoms with Crippen molar-refractivity contribution in [2.75, 3.05) is 26.2 Å². The van der Waals surface area contributed by atoms with Gasteiger partial charge in [-0.15, -0.1) is 0 Å². The monoisotopic (exact) mass is 437 g/mol. The summed E-state index contributed by atoms with van der Waals surface area (Å²) in [5, 5.41) is 5.04. The van der Waals surface area contributed by atoms with E-state index in [2.05, 4.69) is 52.6 Å². The van der Waals surface area contributed by atoms with Crippen LogP contribution in [0.5, 0.6) is 0 Å². The molecule has 1 saturated heterocycles. The highest BCUT2D eigenvalue weighted by atomic mass is 35.5. The Morgan fingerprint density at radius 2 is 1.97 bits per heavy atom. The van der Waals surface area contributed by atoms with Gasteiger partial charge in [0.1, 0.15) is 0 Å². The first-order valence-corrected chi connectivity index (χ1v) is 11.9. The van der Waals surface area contributed by atoms with Crippen molar-refractivity contribution in [1.29, 1.82) is 0 Å². The number of hydrogen-bond donors (Lipinski definition) is 2. The number of carbonyl (C=O) groups is 1. The van der Waals surface area contributed by atoms with Gasteiger partial charge in [-0.3, -0.25) is 4.79 Å². The molecule has 1 unspecified atom stereocenters. The van der Waals surface area contributed by atoms with Crippen LogP contribution in [0.3, 0.4) is 0 Å². The summed E-state index contributed by atoms with van der Waals surface area (Å²) in [6.45, 7) is 6.10. The Balaban J connectivity index is 1.53. The van der Waals surface area contributed by atoms with Crippen LogP contribution in [0.1, 0.15) is 55.2 Å². The first kappa shape index (κ1) is 21.9. The topological polar surface area (TPSA) is 48.1 Å². The van der Waals surface area contributed by atoms with Crippen LogP contribution in [0, 0.1) is 0 Å². The molecule has 1 aliphatic heterocycles. The minimum Gasteiger partial charge on any atom is -0.361 e. The molecule has 31 heavy (non-hydrogen) atoms. The molecule has 0 saturated carbocycles. The summed E-state index contributed by atoms with van der Waals surface area (Å²) in [6.07, 6.45) is 7.31. The van der Waals surface area contributed by atoms with Crippen molar-refractivity contribution in [3.8, 4) is 0 Å². The lowest BCUT2D eigenvalue weighted by Gasteiger charge is -2.26. The molecular formula is C26H32ClN3O. The molecule has 0 spiro atoms. The maximum Gasteiger partial charge on any atom is 0.220 e. The average Bonchev–Trinajstić information content (AvgIpc) is 3.22. The van der Waals surface area contributed by atoms with E-state index in [0.29, 0.717) is 18.0 Å². The summed E-state index contributed by atoms with van der Waals surface area (Å²) in [5.74, 6) is 0.0394. The molecule has 4 rings (SSSR count). The summed E-state index contributed by atoms with van der Waals surface area (Å²) in [4.78, 5) is 18.8. The lowest BCUT2D eigenvalue weighted by molar-refractivity contribution is -0.121. The molecule has 2 N–H and O–H groups in total. The molecule has 0 radical (unpaired) electrons. The Labute approximate surface area is 190 Å². The van der Waals surface area contributed by atoms with Crippen LogP contribution in [-0.2, 0) is 11.2 Å². The number of aromatic amines is 1. The maximum absolute atomic E-state index is 12.9. The van der Waals surface area contributed by atoms with E-state index in [-0.39, 0.29) is 11.8 Å². The van der Waals surface area contributed by atoms with Crippen molar-refractivity contribution in [2.24, 2.45) is 0 Å². The fourth-order valence-electron chi connectivity index (χ4n) is 4.75. The van der Waals surface area contributed by atoms with Gasteiger partial charge in [-0.05, 0) is 61.2 Å². The van der Waals surface area contributed by atoms with E-state index in [4.69, 9.17) is 11.6 Å². The van der Waals surface area contributed by atoms with E-state index in [9.17, 15) is 4.79 Å². The zero-order chi connectivity index (χ0) is 21.6. The van der Waals surface area contributed by atoms with Gasteiger partial charge >= 0.3 is 0 Å². The van der Waals surface area contributed by atoms with Crippen LogP contribution >= 0.6 is 11.6 Å². The highest BCUT2D eigenvalue weighted by Gasteiger charge is 2.22. The molecule has 4 nitrogen and oxygen atoms in total. The number of carbonyl (C=O) groups excluding carboxylic acids is 1. The van der Waals surface area contributed by atoms with Crippen LogP contribution < -0.4 is 5.32 Å². The second-order valence-corrected chi connectivity index (χ2v) is 8.94. The number of para-hydroxylation sites is 1. The number of rotatable bonds is 8. The lowest BCUT2D eigenvalue weighted by Crippen LogP contribution is -2.38. The summed E-state index contributed by atoms with van der Waals surface area (Å²) in [7, 11) is 0. The zero-order valence-electron chi connectivity index (χ0n) is 18.3. The number of halogens is 1. The predicted octanol–water partition coefficient (Wildman–Crippen LogP) is 5.51. The standard InChI is InChI=1S/C26H32ClN3O/c1-2-19-8-7-11-22-24(18-29-26(19)22)23(20-9-6-10-21(27)16-20)17-25(31)28-12-15-30-13-4-3-5-14-30/h6-11,16,18,23,29H,2-5,12-15,17H2,1H3,(H,28,31). The normalized spacial score (nSPS) is 15.8. The third kappa shape index (κ3) is 5.31. The van der Waals surface area contributed by atoms with Crippen molar-refractivity contribution in [3.05, 3.63) is 70.4 Å². The van der Waals surface area contributed by atoms with Crippen LogP contribution in [0.4, 0.5) is 0 Å². The van der Waals surface area contributed by atoms with E-state index >= 15 is 0 Å². The number of amides is 1. The average molecular weight is 438 g/mol. The van der Waals surface area contributed by atoms with E-state index < -0.39 is 0 Å². The van der Waals surface area contributed by atoms with Crippen molar-refractivity contribution in [1.82, 2.24) is 15.2 Å². The minimum atomic E-state index is -0.0467. The van der Waals surface area contributed by atoms with Gasteiger partial charge in [0.15, 0.2) is 0 Å². The summed E-state index contributed by atoms with van der Waals surface area (Å²) >= 11 is 6.31. The number of nitrogens with zero attached hydrogens (tertiary/aromatic N) is 1. The maximum atomic E-state index is 12.9. The smallest absolute Gasteiger partial charge is 0.220 e. The van der Waals surface area contributed by atoms with Gasteiger partial charge in [0, 0.05) is 47.6 Å². The van der Waals surface area contributed by atoms with Crippen molar-refractivity contribution < 1.29 is 4.79 Å². The largest absolute Gasteiger partial charge is 0.361 e. The molecule has 0 aliphatic carbocycles. The minimum absolute atomic E-state index is 0.0467. The molecule has 1 fully saturated rings. The van der Waals surface area contributed by atoms with E-state index in [1.54, 1.807) is 0 Å². The van der Waals surface area contributed by atoms with E-state index in [0.717, 1.165) is 42.7 Å². The third-order valence-electron chi connectivity index (χ3n) is 6.43. The Morgan fingerprint density at radius 1 is 1.16 bits per heavy atom. The molecule has 1 aliphatic rings. The second-order valence-electron chi connectivity index (χ2n) is 8.50. The molecular weight excluding hydrogens is 406 g/mol. The lowest BCUT2D eigenvalue weighted by atomic mass is 9.87. The SMILES string of the molecule is CCc1cccc2c(C(CC(=O)NCCN3CCCCC3)c3cccc(Cl)c3)c[nH]c12. The molecule has 1 amide bonds. The number of H-pyrrole nitrogens is 1. The second kappa shape index (κ2) is 10.3. The molecule has 0 bridgehead atoms. The van der Waals surface area contributed by atoms with Gasteiger partial charge in [-0.25, -0.2) is 0 Å². The molecule has 3 aromatic rings. The van der Waals surface area contributed by atoms with Crippen molar-refractivity contribution >= 4 is 28.4 Å². The van der Waals surface area contributed by atoms with Gasteiger partial charge in [0.05, 0.1) is 0 Å². The van der Waals surface area contributed by atoms with E-state index in [1.165, 1.54) is 30.2 Å². The number of aromatic nitrogens is 1. The highest BCUT2D eigenvalue weighted by molar-refractivity contribution is 6.30. The summed E-state index contributed by atoms with van der Waals surface area (Å²) < 4.78 is 0. The number of aryl methyl sites for hydroxylation is 1. The van der Waals surface area contributed by atoms with Crippen LogP contribution in [0.25, 0.3) is 10.9 Å². The fourth-order valence-corrected chi connectivity index (χ4v) is 4.95. The van der Waals surface area contributed by atoms with Gasteiger partial charge in [-0.2, -0.15) is 0 Å². The summed E-state index contributed by atoms with van der Waals surface area (Å²) in [5.41, 5.74) is 4.68. The Hall–Kier alpha value is -2.30. The molecule has 164 valence electrons. The molecule has 1 aromatic heterocycles. The van der Waals surface area contributed by atoms with Gasteiger partial charge in [0.2, 0.25) is 5.91 Å². The molecule has 1 atom stereocenters. The van der Waals surface area contributed by atoms with E-state index in [1.807, 2.05) is 18.2 Å². The first-order chi connectivity index (χ1) is 15.2. The van der Waals surface area contributed by atoms with Crippen LogP contribution in [0.2, 0.25) is 5.02 Å². The Bertz CT molecular complexity index is 1020. The quantitative estimate of drug-likeness (QED) is 0.488. The van der Waals surface area contributed by atoms with Crippen molar-refractivity contribution in [3.63, 3.8) is 0 Å². The molecule has 2 heterocycles. The number of likely N-dealkylation sites (tertiary alicyclic amines) is 1. The number of fused-ring (bicyclic) bond motifs is 1. The van der Waals surface area contributed by atoms with Gasteiger partial charge < -0.3 is 15.2 Å². The van der Waals surface area contributed by atoms with Crippen LogP contribution in [-0.4, -0.2) is 42.0 Å². The number of benzene rings is 2. The van der Waals surface area contributed by atoms with Crippen LogP contribution in [0.15, 0.2) is 48.7 Å². The Kier molecular flexibility index (Phi) is 7.31. The third-order valence-corrected chi connectivity index (χ3v) is 6.66. The first-order valence-electron chi connectivity index (χ1n) is 11.5. The number of nitrogens with one attached hydrogen (secondary N) is 2. The number of hydrogen-bond acceptors (Lipinski definition) is 2. The van der Waals surface area contributed by atoms with Gasteiger partial charge in [-0.1, -0.05) is 55.3 Å². The Morgan fingerprint density at radius 3 is 2.74 bits per heavy atom. The summed E-state index contributed by atoms with van der Waals surface area (Å²) in [6, 6.07) is 14.3. The molecule has 2 aromatic carbocycles. The highest BCUT2D eigenvalue weighted by Crippen LogP contribution is 2.35. The van der Waals surface area contributed by atoms with Crippen molar-refractivity contribution in [2.45, 2.75) is 44.9 Å². The molecule has 5 heteroatoms. The zero-order valence-corrected chi connectivity index (χ0v) is 19.0. The predicted molar refractivity (Wildman–Crippen MR) is 129 cm³/mol. The van der Waals surface area contributed by atoms with Gasteiger partial charge in [0.25, 0.3) is 0 Å².